The monoisotopic (exact) mass is 366 g/mol. The van der Waals surface area contributed by atoms with Crippen LogP contribution in [0.2, 0.25) is 0 Å². The third-order valence-electron chi connectivity index (χ3n) is 3.96. The molecule has 0 aliphatic carbocycles. The van der Waals surface area contributed by atoms with E-state index in [0.29, 0.717) is 36.6 Å². The van der Waals surface area contributed by atoms with Gasteiger partial charge in [0.15, 0.2) is 0 Å². The zero-order chi connectivity index (χ0) is 18.4. The fraction of sp³-hybridized carbons (Fsp3) is 0.471. The quantitative estimate of drug-likeness (QED) is 0.761. The van der Waals surface area contributed by atoms with E-state index in [-0.39, 0.29) is 18.4 Å². The molecule has 8 heteroatoms. The number of methoxy groups -OCH3 is 1. The summed E-state index contributed by atoms with van der Waals surface area (Å²) in [5, 5.41) is 8.44. The van der Waals surface area contributed by atoms with Crippen LogP contribution in [0.3, 0.4) is 0 Å². The Balaban J connectivity index is 2.04. The molecule has 0 radical (unpaired) electrons. The molecule has 0 spiro atoms. The summed E-state index contributed by atoms with van der Waals surface area (Å²) in [6.45, 7) is 3.46. The molecule has 0 bridgehead atoms. The molecule has 1 fully saturated rings. The van der Waals surface area contributed by atoms with E-state index in [4.69, 9.17) is 9.84 Å². The summed E-state index contributed by atoms with van der Waals surface area (Å²) in [6, 6.07) is 7.02. The predicted molar refractivity (Wildman–Crippen MR) is 93.8 cm³/mol. The van der Waals surface area contributed by atoms with Crippen LogP contribution in [0.15, 0.2) is 29.2 Å². The van der Waals surface area contributed by atoms with Crippen molar-refractivity contribution in [2.24, 2.45) is 0 Å². The number of hydrogen-bond donors (Lipinski definition) is 1. The van der Waals surface area contributed by atoms with Crippen molar-refractivity contribution in [2.45, 2.75) is 17.1 Å². The van der Waals surface area contributed by atoms with Gasteiger partial charge < -0.3 is 19.6 Å². The Bertz CT molecular complexity index is 644. The minimum atomic E-state index is -0.919. The van der Waals surface area contributed by atoms with Gasteiger partial charge in [-0.1, -0.05) is 12.1 Å². The van der Waals surface area contributed by atoms with Gasteiger partial charge in [0, 0.05) is 38.2 Å². The van der Waals surface area contributed by atoms with E-state index in [9.17, 15) is 14.4 Å². The van der Waals surface area contributed by atoms with Crippen molar-refractivity contribution in [1.82, 2.24) is 9.80 Å². The van der Waals surface area contributed by atoms with Gasteiger partial charge in [0.05, 0.1) is 5.56 Å². The molecule has 1 aliphatic rings. The first kappa shape index (κ1) is 19.3. The average molecular weight is 366 g/mol. The number of aliphatic carboxylic acids is 1. The zero-order valence-electron chi connectivity index (χ0n) is 14.3. The number of rotatable bonds is 6. The van der Waals surface area contributed by atoms with E-state index in [2.05, 4.69) is 0 Å². The number of carbonyl (C=O) groups excluding carboxylic acids is 2. The Labute approximate surface area is 150 Å². The van der Waals surface area contributed by atoms with Crippen LogP contribution in [0.5, 0.6) is 0 Å². The highest BCUT2D eigenvalue weighted by molar-refractivity contribution is 8.00. The third-order valence-corrected chi connectivity index (χ3v) is 5.12. The second-order valence-electron chi connectivity index (χ2n) is 5.70. The van der Waals surface area contributed by atoms with E-state index >= 15 is 0 Å². The molecule has 1 unspecified atom stereocenters. The number of ether oxygens (including phenoxy) is 1. The van der Waals surface area contributed by atoms with Gasteiger partial charge in [0.25, 0.3) is 5.91 Å². The summed E-state index contributed by atoms with van der Waals surface area (Å²) in [6.07, 6.45) is 0. The van der Waals surface area contributed by atoms with E-state index in [0.717, 1.165) is 11.8 Å². The number of benzene rings is 1. The highest BCUT2D eigenvalue weighted by Gasteiger charge is 2.26. The summed E-state index contributed by atoms with van der Waals surface area (Å²) in [5.74, 6) is -1.14. The predicted octanol–water partition coefficient (Wildman–Crippen LogP) is 1.18. The number of piperazine rings is 1. The van der Waals surface area contributed by atoms with Crippen LogP contribution in [0.4, 0.5) is 0 Å². The Hall–Kier alpha value is -2.06. The fourth-order valence-electron chi connectivity index (χ4n) is 2.53. The maximum Gasteiger partial charge on any atom is 0.316 e. The molecule has 1 N–H and O–H groups in total. The Morgan fingerprint density at radius 2 is 1.76 bits per heavy atom. The molecule has 1 aromatic rings. The van der Waals surface area contributed by atoms with Crippen molar-refractivity contribution in [3.05, 3.63) is 29.8 Å². The number of amides is 2. The number of carboxylic acids is 1. The van der Waals surface area contributed by atoms with Crippen LogP contribution in [-0.2, 0) is 14.3 Å². The first-order chi connectivity index (χ1) is 11.9. The van der Waals surface area contributed by atoms with Crippen molar-refractivity contribution in [1.29, 1.82) is 0 Å². The molecule has 1 saturated heterocycles. The van der Waals surface area contributed by atoms with Crippen LogP contribution < -0.4 is 0 Å². The maximum absolute atomic E-state index is 12.8. The summed E-state index contributed by atoms with van der Waals surface area (Å²) in [5.41, 5.74) is 0.497. The zero-order valence-corrected chi connectivity index (χ0v) is 15.1. The average Bonchev–Trinajstić information content (AvgIpc) is 2.62. The summed E-state index contributed by atoms with van der Waals surface area (Å²) >= 11 is 1.15. The van der Waals surface area contributed by atoms with Gasteiger partial charge in [0.1, 0.15) is 11.9 Å². The minimum absolute atomic E-state index is 0.0422. The van der Waals surface area contributed by atoms with E-state index in [1.807, 2.05) is 0 Å². The summed E-state index contributed by atoms with van der Waals surface area (Å²) < 4.78 is 4.85. The second-order valence-corrected chi connectivity index (χ2v) is 7.08. The van der Waals surface area contributed by atoms with Gasteiger partial charge in [-0.2, -0.15) is 0 Å². The number of hydrogen-bond acceptors (Lipinski definition) is 5. The van der Waals surface area contributed by atoms with Gasteiger partial charge in [-0.15, -0.1) is 11.8 Å². The van der Waals surface area contributed by atoms with E-state index in [1.54, 1.807) is 41.0 Å². The molecule has 7 nitrogen and oxygen atoms in total. The van der Waals surface area contributed by atoms with Gasteiger partial charge >= 0.3 is 5.97 Å². The highest BCUT2D eigenvalue weighted by Crippen LogP contribution is 2.28. The molecule has 1 aromatic carbocycles. The molecule has 1 aliphatic heterocycles. The molecular formula is C17H22N2O5S. The van der Waals surface area contributed by atoms with Gasteiger partial charge in [-0.05, 0) is 19.1 Å². The van der Waals surface area contributed by atoms with Gasteiger partial charge in [-0.25, -0.2) is 0 Å². The number of carbonyl (C=O) groups is 3. The summed E-state index contributed by atoms with van der Waals surface area (Å²) in [4.78, 5) is 39.7. The lowest BCUT2D eigenvalue weighted by atomic mass is 10.2. The normalized spacial score (nSPS) is 15.8. The van der Waals surface area contributed by atoms with Crippen LogP contribution in [0.25, 0.3) is 0 Å². The highest BCUT2D eigenvalue weighted by atomic mass is 32.2. The molecule has 1 atom stereocenters. The SMILES string of the molecule is COCC(=O)N1CCN(C(=O)c2ccccc2SC(C)C(=O)O)CC1. The molecule has 25 heavy (non-hydrogen) atoms. The largest absolute Gasteiger partial charge is 0.480 e. The van der Waals surface area contributed by atoms with Crippen molar-refractivity contribution in [2.75, 3.05) is 39.9 Å². The topological polar surface area (TPSA) is 87.2 Å². The summed E-state index contributed by atoms with van der Waals surface area (Å²) in [7, 11) is 1.48. The van der Waals surface area contributed by atoms with Crippen LogP contribution in [0, 0.1) is 0 Å². The Morgan fingerprint density at radius 1 is 1.16 bits per heavy atom. The van der Waals surface area contributed by atoms with Gasteiger partial charge in [0.2, 0.25) is 5.91 Å². The van der Waals surface area contributed by atoms with Crippen molar-refractivity contribution >= 4 is 29.5 Å². The number of carboxylic acid groups (broad SMARTS) is 1. The van der Waals surface area contributed by atoms with Crippen molar-refractivity contribution in [3.63, 3.8) is 0 Å². The lowest BCUT2D eigenvalue weighted by Gasteiger charge is -2.35. The van der Waals surface area contributed by atoms with Crippen molar-refractivity contribution in [3.8, 4) is 0 Å². The van der Waals surface area contributed by atoms with Gasteiger partial charge in [-0.3, -0.25) is 14.4 Å². The first-order valence-corrected chi connectivity index (χ1v) is 8.86. The fourth-order valence-corrected chi connectivity index (χ4v) is 3.45. The minimum Gasteiger partial charge on any atom is -0.480 e. The molecule has 0 saturated carbocycles. The molecular weight excluding hydrogens is 344 g/mol. The van der Waals surface area contributed by atoms with Crippen LogP contribution >= 0.6 is 11.8 Å². The molecule has 2 amide bonds. The lowest BCUT2D eigenvalue weighted by Crippen LogP contribution is -2.51. The molecule has 2 rings (SSSR count). The van der Waals surface area contributed by atoms with Crippen LogP contribution in [-0.4, -0.2) is 77.8 Å². The number of nitrogens with zero attached hydrogens (tertiary/aromatic N) is 2. The third kappa shape index (κ3) is 4.96. The van der Waals surface area contributed by atoms with Crippen LogP contribution in [0.1, 0.15) is 17.3 Å². The van der Waals surface area contributed by atoms with Crippen molar-refractivity contribution < 1.29 is 24.2 Å². The van der Waals surface area contributed by atoms with E-state index in [1.165, 1.54) is 7.11 Å². The second kappa shape index (κ2) is 8.87. The number of thioether (sulfide) groups is 1. The van der Waals surface area contributed by atoms with E-state index < -0.39 is 11.2 Å². The Kier molecular flexibility index (Phi) is 6.83. The first-order valence-electron chi connectivity index (χ1n) is 7.98. The standard InChI is InChI=1S/C17H22N2O5S/c1-12(17(22)23)25-14-6-4-3-5-13(14)16(21)19-9-7-18(8-10-19)15(20)11-24-2/h3-6,12H,7-11H2,1-2H3,(H,22,23). The Morgan fingerprint density at radius 3 is 2.36 bits per heavy atom. The molecule has 0 aromatic heterocycles. The lowest BCUT2D eigenvalue weighted by molar-refractivity contribution is -0.137. The maximum atomic E-state index is 12.8. The molecule has 136 valence electrons. The smallest absolute Gasteiger partial charge is 0.316 e. The molecule has 1 heterocycles.